The maximum atomic E-state index is 12.6. The number of rotatable bonds is 9. The smallest absolute Gasteiger partial charge is 0.243 e. The Kier molecular flexibility index (Phi) is 7.42. The summed E-state index contributed by atoms with van der Waals surface area (Å²) in [7, 11) is -0.777. The third-order valence-corrected chi connectivity index (χ3v) is 5.93. The van der Waals surface area contributed by atoms with Gasteiger partial charge >= 0.3 is 0 Å². The number of likely N-dealkylation sites (N-methyl/N-ethyl adjacent to an activating group) is 1. The minimum Gasteiger partial charge on any atom is -0.493 e. The molecule has 0 aliphatic rings. The molecule has 2 rings (SSSR count). The predicted octanol–water partition coefficient (Wildman–Crippen LogP) is 2.34. The van der Waals surface area contributed by atoms with Gasteiger partial charge in [-0.2, -0.15) is 4.31 Å². The highest BCUT2D eigenvalue weighted by Crippen LogP contribution is 2.28. The van der Waals surface area contributed by atoms with E-state index < -0.39 is 15.9 Å². The van der Waals surface area contributed by atoms with Gasteiger partial charge in [-0.05, 0) is 43.7 Å². The number of methoxy groups -OCH3 is 1. The second-order valence-electron chi connectivity index (χ2n) is 6.27. The highest BCUT2D eigenvalue weighted by molar-refractivity contribution is 7.89. The topological polar surface area (TPSA) is 84.9 Å². The summed E-state index contributed by atoms with van der Waals surface area (Å²) in [6, 6.07) is 11.9. The van der Waals surface area contributed by atoms with Crippen LogP contribution in [0.15, 0.2) is 47.4 Å². The van der Waals surface area contributed by atoms with Crippen LogP contribution in [0, 0.1) is 6.92 Å². The van der Waals surface area contributed by atoms with Crippen LogP contribution in [-0.2, 0) is 21.4 Å². The van der Waals surface area contributed by atoms with Crippen molar-refractivity contribution in [3.63, 3.8) is 0 Å². The van der Waals surface area contributed by atoms with Gasteiger partial charge in [0.1, 0.15) is 0 Å². The Labute approximate surface area is 166 Å². The van der Waals surface area contributed by atoms with Gasteiger partial charge in [0.15, 0.2) is 11.5 Å². The van der Waals surface area contributed by atoms with Gasteiger partial charge in [0.25, 0.3) is 0 Å². The number of hydrogen-bond acceptors (Lipinski definition) is 5. The van der Waals surface area contributed by atoms with E-state index in [0.29, 0.717) is 18.1 Å². The van der Waals surface area contributed by atoms with Crippen LogP contribution in [0.25, 0.3) is 0 Å². The zero-order valence-electron chi connectivity index (χ0n) is 16.6. The summed E-state index contributed by atoms with van der Waals surface area (Å²) in [4.78, 5) is 12.4. The van der Waals surface area contributed by atoms with Crippen LogP contribution in [-0.4, -0.2) is 45.9 Å². The molecule has 0 radical (unpaired) electrons. The highest BCUT2D eigenvalue weighted by Gasteiger charge is 2.22. The molecule has 0 heterocycles. The number of aryl methyl sites for hydroxylation is 1. The Hall–Kier alpha value is -2.58. The molecule has 0 spiro atoms. The van der Waals surface area contributed by atoms with Gasteiger partial charge in [-0.25, -0.2) is 8.42 Å². The fourth-order valence-electron chi connectivity index (χ4n) is 2.53. The lowest BCUT2D eigenvalue weighted by Crippen LogP contribution is -2.38. The van der Waals surface area contributed by atoms with Gasteiger partial charge in [-0.15, -0.1) is 0 Å². The minimum absolute atomic E-state index is 0.157. The van der Waals surface area contributed by atoms with Crippen molar-refractivity contribution in [2.75, 3.05) is 27.3 Å². The van der Waals surface area contributed by atoms with Crippen molar-refractivity contribution in [2.24, 2.45) is 0 Å². The number of ether oxygens (including phenoxy) is 2. The van der Waals surface area contributed by atoms with Crippen LogP contribution < -0.4 is 14.8 Å². The number of benzene rings is 2. The first-order valence-corrected chi connectivity index (χ1v) is 10.3. The molecule has 0 saturated carbocycles. The molecular weight excluding hydrogens is 380 g/mol. The summed E-state index contributed by atoms with van der Waals surface area (Å²) >= 11 is 0. The van der Waals surface area contributed by atoms with Gasteiger partial charge < -0.3 is 14.8 Å². The van der Waals surface area contributed by atoms with Crippen LogP contribution in [0.2, 0.25) is 0 Å². The largest absolute Gasteiger partial charge is 0.493 e. The molecule has 1 amide bonds. The number of hydrogen-bond donors (Lipinski definition) is 1. The maximum absolute atomic E-state index is 12.6. The second kappa shape index (κ2) is 9.57. The second-order valence-corrected chi connectivity index (χ2v) is 8.31. The van der Waals surface area contributed by atoms with Gasteiger partial charge in [-0.3, -0.25) is 4.79 Å². The molecule has 7 nitrogen and oxygen atoms in total. The number of nitrogens with zero attached hydrogens (tertiary/aromatic N) is 1. The van der Waals surface area contributed by atoms with E-state index in [0.717, 1.165) is 15.4 Å². The molecule has 0 aliphatic heterocycles. The zero-order valence-corrected chi connectivity index (χ0v) is 17.4. The Morgan fingerprint density at radius 2 is 1.79 bits per heavy atom. The summed E-state index contributed by atoms with van der Waals surface area (Å²) in [5.41, 5.74) is 1.78. The summed E-state index contributed by atoms with van der Waals surface area (Å²) in [5.74, 6) is 0.809. The van der Waals surface area contributed by atoms with Crippen molar-refractivity contribution in [3.8, 4) is 11.5 Å². The number of sulfonamides is 1. The molecule has 0 aliphatic carbocycles. The maximum Gasteiger partial charge on any atom is 0.243 e. The first-order chi connectivity index (χ1) is 13.3. The molecule has 28 heavy (non-hydrogen) atoms. The Bertz CT molecular complexity index is 911. The molecule has 2 aromatic rings. The van der Waals surface area contributed by atoms with Crippen molar-refractivity contribution < 1.29 is 22.7 Å². The highest BCUT2D eigenvalue weighted by atomic mass is 32.2. The molecule has 0 aromatic heterocycles. The molecule has 2 aromatic carbocycles. The normalized spacial score (nSPS) is 11.3. The molecular formula is C20H26N2O5S. The molecule has 8 heteroatoms. The Morgan fingerprint density at radius 3 is 2.39 bits per heavy atom. The van der Waals surface area contributed by atoms with Crippen LogP contribution in [0.3, 0.4) is 0 Å². The average molecular weight is 407 g/mol. The average Bonchev–Trinajstić information content (AvgIpc) is 2.67. The van der Waals surface area contributed by atoms with Crippen molar-refractivity contribution in [1.29, 1.82) is 0 Å². The van der Waals surface area contributed by atoms with Gasteiger partial charge in [0.05, 0.1) is 25.2 Å². The Morgan fingerprint density at radius 1 is 1.11 bits per heavy atom. The summed E-state index contributed by atoms with van der Waals surface area (Å²) < 4.78 is 36.9. The summed E-state index contributed by atoms with van der Waals surface area (Å²) in [6.07, 6.45) is 0. The molecule has 1 N–H and O–H groups in total. The van der Waals surface area contributed by atoms with Crippen LogP contribution >= 0.6 is 0 Å². The van der Waals surface area contributed by atoms with Gasteiger partial charge in [0, 0.05) is 13.6 Å². The van der Waals surface area contributed by atoms with Crippen LogP contribution in [0.1, 0.15) is 18.1 Å². The van der Waals surface area contributed by atoms with E-state index in [1.807, 2.05) is 19.9 Å². The third-order valence-electron chi connectivity index (χ3n) is 4.11. The molecule has 0 atom stereocenters. The van der Waals surface area contributed by atoms with E-state index in [9.17, 15) is 13.2 Å². The molecule has 0 unspecified atom stereocenters. The SMILES string of the molecule is CCOc1cc(CNC(=O)CN(C)S(=O)(=O)c2ccc(C)cc2)ccc1OC. The number of amides is 1. The van der Waals surface area contributed by atoms with Gasteiger partial charge in [0.2, 0.25) is 15.9 Å². The summed E-state index contributed by atoms with van der Waals surface area (Å²) in [6.45, 7) is 4.22. The molecule has 0 fully saturated rings. The number of carbonyl (C=O) groups is 1. The number of carbonyl (C=O) groups excluding carboxylic acids is 1. The van der Waals surface area contributed by atoms with Crippen molar-refractivity contribution in [3.05, 3.63) is 53.6 Å². The lowest BCUT2D eigenvalue weighted by atomic mass is 10.2. The summed E-state index contributed by atoms with van der Waals surface area (Å²) in [5, 5.41) is 2.73. The van der Waals surface area contributed by atoms with Crippen molar-refractivity contribution in [2.45, 2.75) is 25.3 Å². The van der Waals surface area contributed by atoms with E-state index in [4.69, 9.17) is 9.47 Å². The fourth-order valence-corrected chi connectivity index (χ4v) is 3.66. The predicted molar refractivity (Wildman–Crippen MR) is 107 cm³/mol. The minimum atomic E-state index is -3.72. The monoisotopic (exact) mass is 406 g/mol. The van der Waals surface area contributed by atoms with Crippen molar-refractivity contribution in [1.82, 2.24) is 9.62 Å². The lowest BCUT2D eigenvalue weighted by molar-refractivity contribution is -0.121. The first kappa shape index (κ1) is 21.7. The third kappa shape index (κ3) is 5.46. The van der Waals surface area contributed by atoms with E-state index in [1.165, 1.54) is 19.2 Å². The Balaban J connectivity index is 1.98. The van der Waals surface area contributed by atoms with E-state index in [2.05, 4.69) is 5.32 Å². The molecule has 152 valence electrons. The van der Waals surface area contributed by atoms with Crippen LogP contribution in [0.4, 0.5) is 0 Å². The van der Waals surface area contributed by atoms with Crippen LogP contribution in [0.5, 0.6) is 11.5 Å². The lowest BCUT2D eigenvalue weighted by Gasteiger charge is -2.17. The fraction of sp³-hybridized carbons (Fsp3) is 0.350. The van der Waals surface area contributed by atoms with Gasteiger partial charge in [-0.1, -0.05) is 23.8 Å². The standard InChI is InChI=1S/C20H26N2O5S/c1-5-27-19-12-16(8-11-18(19)26-4)13-21-20(23)14-22(3)28(24,25)17-9-6-15(2)7-10-17/h6-12H,5,13-14H2,1-4H3,(H,21,23). The van der Waals surface area contributed by atoms with E-state index in [-0.39, 0.29) is 18.0 Å². The van der Waals surface area contributed by atoms with Crippen molar-refractivity contribution >= 4 is 15.9 Å². The van der Waals surface area contributed by atoms with E-state index >= 15 is 0 Å². The zero-order chi connectivity index (χ0) is 20.7. The number of nitrogens with one attached hydrogen (secondary N) is 1. The molecule has 0 bridgehead atoms. The first-order valence-electron chi connectivity index (χ1n) is 8.87. The van der Waals surface area contributed by atoms with E-state index in [1.54, 1.807) is 31.4 Å². The molecule has 0 saturated heterocycles. The quantitative estimate of drug-likeness (QED) is 0.691.